The van der Waals surface area contributed by atoms with Crippen LogP contribution in [0.15, 0.2) is 41.6 Å². The highest BCUT2D eigenvalue weighted by molar-refractivity contribution is 6.34. The maximum Gasteiger partial charge on any atom is 0.417 e. The molecular formula is C21H17ClF3N7O2. The molecule has 4 rings (SSSR count). The quantitative estimate of drug-likeness (QED) is 0.378. The van der Waals surface area contributed by atoms with E-state index < -0.39 is 22.7 Å². The summed E-state index contributed by atoms with van der Waals surface area (Å²) in [6.45, 7) is 1.87. The van der Waals surface area contributed by atoms with Gasteiger partial charge in [0.2, 0.25) is 0 Å². The maximum absolute atomic E-state index is 13.2. The van der Waals surface area contributed by atoms with Gasteiger partial charge in [-0.1, -0.05) is 17.7 Å². The molecular weight excluding hydrogens is 475 g/mol. The first-order valence-corrected chi connectivity index (χ1v) is 10.3. The summed E-state index contributed by atoms with van der Waals surface area (Å²) in [5.74, 6) is 0.171. The molecule has 0 fully saturated rings. The highest BCUT2D eigenvalue weighted by Crippen LogP contribution is 2.37. The third-order valence-corrected chi connectivity index (χ3v) is 5.52. The first-order chi connectivity index (χ1) is 16.2. The fourth-order valence-corrected chi connectivity index (χ4v) is 3.83. The van der Waals surface area contributed by atoms with Gasteiger partial charge < -0.3 is 9.74 Å². The number of pyridine rings is 1. The number of carbonyl (C=O) groups excluding carboxylic acids is 1. The van der Waals surface area contributed by atoms with Gasteiger partial charge in [0.15, 0.2) is 5.82 Å². The molecule has 0 radical (unpaired) electrons. The predicted molar refractivity (Wildman–Crippen MR) is 115 cm³/mol. The molecule has 0 unspecified atom stereocenters. The molecule has 1 aromatic carbocycles. The highest BCUT2D eigenvalue weighted by atomic mass is 35.5. The van der Waals surface area contributed by atoms with E-state index in [9.17, 15) is 18.0 Å². The number of nitrogens with zero attached hydrogens (tertiary/aromatic N) is 5. The zero-order valence-corrected chi connectivity index (χ0v) is 18.4. The minimum absolute atomic E-state index is 0.0390. The monoisotopic (exact) mass is 491 g/mol. The first kappa shape index (κ1) is 23.4. The average molecular weight is 492 g/mol. The van der Waals surface area contributed by atoms with E-state index in [4.69, 9.17) is 22.0 Å². The first-order valence-electron chi connectivity index (χ1n) is 9.95. The lowest BCUT2D eigenvalue weighted by Crippen LogP contribution is -2.37. The third-order valence-electron chi connectivity index (χ3n) is 5.11. The summed E-state index contributed by atoms with van der Waals surface area (Å²) in [5, 5.41) is 2.73. The van der Waals surface area contributed by atoms with Gasteiger partial charge in [-0.2, -0.15) is 28.7 Å². The van der Waals surface area contributed by atoms with E-state index in [0.29, 0.717) is 23.5 Å². The number of anilines is 1. The maximum atomic E-state index is 13.2. The van der Waals surface area contributed by atoms with E-state index in [-0.39, 0.29) is 36.0 Å². The third kappa shape index (κ3) is 4.62. The van der Waals surface area contributed by atoms with E-state index in [1.165, 1.54) is 17.2 Å². The van der Waals surface area contributed by atoms with E-state index >= 15 is 0 Å². The number of hydrogen-bond acceptors (Lipinski definition) is 8. The number of aromatic nitrogens is 3. The van der Waals surface area contributed by atoms with Crippen LogP contribution in [-0.2, 0) is 19.1 Å². The van der Waals surface area contributed by atoms with Crippen LogP contribution in [-0.4, -0.2) is 32.3 Å². The van der Waals surface area contributed by atoms with Crippen molar-refractivity contribution in [3.8, 4) is 5.88 Å². The van der Waals surface area contributed by atoms with Crippen molar-refractivity contribution in [2.75, 3.05) is 12.0 Å². The lowest BCUT2D eigenvalue weighted by molar-refractivity contribution is -0.137. The molecule has 2 N–H and O–H groups in total. The van der Waals surface area contributed by atoms with Gasteiger partial charge in [0.05, 0.1) is 28.4 Å². The van der Waals surface area contributed by atoms with Crippen LogP contribution in [0.25, 0.3) is 0 Å². The second-order valence-corrected chi connectivity index (χ2v) is 7.71. The smallest absolute Gasteiger partial charge is 0.360 e. The molecule has 3 heterocycles. The number of carbonyl (C=O) groups is 1. The molecule has 13 heteroatoms. The molecule has 2 aromatic heterocycles. The number of aryl methyl sites for hydroxylation is 1. The molecule has 176 valence electrons. The second-order valence-electron chi connectivity index (χ2n) is 7.33. The van der Waals surface area contributed by atoms with Crippen LogP contribution in [0.5, 0.6) is 5.88 Å². The fraction of sp³-hybridized carbons (Fsp3) is 0.238. The van der Waals surface area contributed by atoms with Crippen molar-refractivity contribution in [2.45, 2.75) is 26.1 Å². The molecule has 1 aliphatic heterocycles. The van der Waals surface area contributed by atoms with Crippen molar-refractivity contribution in [3.05, 3.63) is 69.8 Å². The number of rotatable bonds is 5. The Morgan fingerprint density at radius 2 is 2.06 bits per heavy atom. The Bertz CT molecular complexity index is 1270. The van der Waals surface area contributed by atoms with Crippen LogP contribution in [0, 0.1) is 12.5 Å². The van der Waals surface area contributed by atoms with Crippen molar-refractivity contribution in [3.63, 3.8) is 0 Å². The van der Waals surface area contributed by atoms with Crippen LogP contribution in [0.2, 0.25) is 5.02 Å². The standard InChI is InChI=1S/C21H17ClF3N7O2/c1-11-28-16-10-32(20(33)13-4-2-5-14(17(13)22)21(23,24)25)9-7-12(16)19(29-11)34-31-18-15(30-26)6-3-8-27-18/h2-6,8,26H,7,9-10H2,1H3,(H,27,31). The summed E-state index contributed by atoms with van der Waals surface area (Å²) in [6.07, 6.45) is -2.87. The second kappa shape index (κ2) is 9.21. The molecule has 0 bridgehead atoms. The van der Waals surface area contributed by atoms with Crippen LogP contribution < -0.4 is 10.3 Å². The summed E-state index contributed by atoms with van der Waals surface area (Å²) < 4.78 is 39.6. The Morgan fingerprint density at radius 1 is 1.26 bits per heavy atom. The van der Waals surface area contributed by atoms with Gasteiger partial charge in [0, 0.05) is 18.3 Å². The zero-order chi connectivity index (χ0) is 24.5. The van der Waals surface area contributed by atoms with Gasteiger partial charge in [-0.3, -0.25) is 4.79 Å². The van der Waals surface area contributed by atoms with Gasteiger partial charge >= 0.3 is 6.18 Å². The lowest BCUT2D eigenvalue weighted by atomic mass is 10.0. The Hall–Kier alpha value is -3.80. The molecule has 0 aliphatic carbocycles. The Labute approximate surface area is 196 Å². The Balaban J connectivity index is 1.57. The Kier molecular flexibility index (Phi) is 6.33. The number of hydrogen-bond donors (Lipinski definition) is 2. The zero-order valence-electron chi connectivity index (χ0n) is 17.6. The molecule has 0 saturated heterocycles. The van der Waals surface area contributed by atoms with Gasteiger partial charge in [0.25, 0.3) is 11.8 Å². The van der Waals surface area contributed by atoms with E-state index in [2.05, 4.69) is 25.5 Å². The minimum Gasteiger partial charge on any atom is -0.360 e. The molecule has 3 aromatic rings. The number of fused-ring (bicyclic) bond motifs is 1. The van der Waals surface area contributed by atoms with Gasteiger partial charge in [-0.05, 0) is 37.6 Å². The van der Waals surface area contributed by atoms with Crippen molar-refractivity contribution in [1.82, 2.24) is 19.9 Å². The van der Waals surface area contributed by atoms with Crippen LogP contribution in [0.3, 0.4) is 0 Å². The largest absolute Gasteiger partial charge is 0.417 e. The molecule has 0 atom stereocenters. The van der Waals surface area contributed by atoms with Crippen LogP contribution >= 0.6 is 11.6 Å². The molecule has 9 nitrogen and oxygen atoms in total. The van der Waals surface area contributed by atoms with Crippen LogP contribution in [0.1, 0.15) is 33.0 Å². The SMILES string of the molecule is Cc1nc2c(c(ONc3ncccc3N=N)n1)CCN(C(=O)c1cccc(C(F)(F)F)c1Cl)C2. The summed E-state index contributed by atoms with van der Waals surface area (Å²) in [4.78, 5) is 32.7. The van der Waals surface area contributed by atoms with E-state index in [1.54, 1.807) is 19.1 Å². The topological polar surface area (TPSA) is 116 Å². The van der Waals surface area contributed by atoms with Crippen molar-refractivity contribution >= 4 is 29.0 Å². The van der Waals surface area contributed by atoms with Crippen molar-refractivity contribution in [1.29, 1.82) is 5.53 Å². The number of benzene rings is 1. The molecule has 1 aliphatic rings. The van der Waals surface area contributed by atoms with E-state index in [0.717, 1.165) is 12.1 Å². The minimum atomic E-state index is -4.67. The predicted octanol–water partition coefficient (Wildman–Crippen LogP) is 5.12. The Morgan fingerprint density at radius 3 is 2.79 bits per heavy atom. The number of nitrogens with one attached hydrogen (secondary N) is 2. The normalized spacial score (nSPS) is 13.3. The number of halogens is 4. The van der Waals surface area contributed by atoms with Gasteiger partial charge in [0.1, 0.15) is 11.5 Å². The van der Waals surface area contributed by atoms with E-state index in [1.807, 2.05) is 0 Å². The van der Waals surface area contributed by atoms with Gasteiger partial charge in [-0.25, -0.2) is 15.5 Å². The van der Waals surface area contributed by atoms with Crippen molar-refractivity contribution < 1.29 is 22.8 Å². The number of amides is 1. The summed E-state index contributed by atoms with van der Waals surface area (Å²) >= 11 is 5.93. The summed E-state index contributed by atoms with van der Waals surface area (Å²) in [6, 6.07) is 6.45. The average Bonchev–Trinajstić information content (AvgIpc) is 2.81. The number of alkyl halides is 3. The summed E-state index contributed by atoms with van der Waals surface area (Å²) in [7, 11) is 0. The molecule has 0 spiro atoms. The fourth-order valence-electron chi connectivity index (χ4n) is 3.52. The summed E-state index contributed by atoms with van der Waals surface area (Å²) in [5.41, 5.74) is 9.93. The lowest BCUT2D eigenvalue weighted by Gasteiger charge is -2.29. The van der Waals surface area contributed by atoms with Crippen molar-refractivity contribution in [2.24, 2.45) is 5.11 Å². The molecule has 0 saturated carbocycles. The van der Waals surface area contributed by atoms with Crippen LogP contribution in [0.4, 0.5) is 24.7 Å². The van der Waals surface area contributed by atoms with Gasteiger partial charge in [-0.15, -0.1) is 0 Å². The molecule has 1 amide bonds. The molecule has 34 heavy (non-hydrogen) atoms. The highest BCUT2D eigenvalue weighted by Gasteiger charge is 2.36.